The topological polar surface area (TPSA) is 86.2 Å². The zero-order chi connectivity index (χ0) is 21.4. The second-order valence-corrected chi connectivity index (χ2v) is 7.78. The first-order valence-electron chi connectivity index (χ1n) is 9.42. The summed E-state index contributed by atoms with van der Waals surface area (Å²) in [7, 11) is 0. The van der Waals surface area contributed by atoms with Gasteiger partial charge in [0.25, 0.3) is 5.69 Å². The molecule has 5 rings (SSSR count). The molecule has 0 aliphatic rings. The Morgan fingerprint density at radius 3 is 2.55 bits per heavy atom. The number of non-ortho nitro benzene ring substituents is 1. The third-order valence-electron chi connectivity index (χ3n) is 4.87. The molecule has 0 aliphatic carbocycles. The molecule has 5 aromatic rings. The van der Waals surface area contributed by atoms with Crippen LogP contribution < -0.4 is 0 Å². The molecule has 0 saturated carbocycles. The summed E-state index contributed by atoms with van der Waals surface area (Å²) in [6.45, 7) is 0. The van der Waals surface area contributed by atoms with Crippen molar-refractivity contribution in [3.8, 4) is 11.4 Å². The average molecular weight is 472 g/mol. The smallest absolute Gasteiger partial charge is 0.270 e. The van der Waals surface area contributed by atoms with Gasteiger partial charge in [0, 0.05) is 22.2 Å². The van der Waals surface area contributed by atoms with Crippen molar-refractivity contribution in [1.82, 2.24) is 19.6 Å². The standard InChI is InChI=1S/C23H14BrN5O2/c24-17-11-8-15(9-12-17)10-13-20-23-27-26-22(16-4-3-5-18(14-16)29(30)31)28(23)21-7-2-1-6-19(21)25-20/h1-14H/b13-10+. The molecule has 2 heterocycles. The van der Waals surface area contributed by atoms with Crippen LogP contribution in [0.1, 0.15) is 11.3 Å². The minimum Gasteiger partial charge on any atom is -0.271 e. The number of halogens is 1. The van der Waals surface area contributed by atoms with E-state index in [0.29, 0.717) is 22.7 Å². The van der Waals surface area contributed by atoms with Crippen molar-refractivity contribution in [3.63, 3.8) is 0 Å². The Morgan fingerprint density at radius 1 is 0.935 bits per heavy atom. The molecule has 2 aromatic heterocycles. The van der Waals surface area contributed by atoms with Crippen LogP contribution in [-0.2, 0) is 0 Å². The van der Waals surface area contributed by atoms with E-state index in [4.69, 9.17) is 4.98 Å². The summed E-state index contributed by atoms with van der Waals surface area (Å²) < 4.78 is 2.90. The van der Waals surface area contributed by atoms with Crippen LogP contribution in [0.15, 0.2) is 77.3 Å². The van der Waals surface area contributed by atoms with Crippen LogP contribution in [0.3, 0.4) is 0 Å². The molecule has 31 heavy (non-hydrogen) atoms. The van der Waals surface area contributed by atoms with Gasteiger partial charge < -0.3 is 0 Å². The molecule has 0 radical (unpaired) electrons. The summed E-state index contributed by atoms with van der Waals surface area (Å²) >= 11 is 3.44. The summed E-state index contributed by atoms with van der Waals surface area (Å²) in [5.41, 5.74) is 4.47. The van der Waals surface area contributed by atoms with Gasteiger partial charge in [-0.3, -0.25) is 14.5 Å². The zero-order valence-corrected chi connectivity index (χ0v) is 17.6. The Hall–Kier alpha value is -3.91. The largest absolute Gasteiger partial charge is 0.271 e. The lowest BCUT2D eigenvalue weighted by atomic mass is 10.1. The van der Waals surface area contributed by atoms with E-state index in [0.717, 1.165) is 21.1 Å². The van der Waals surface area contributed by atoms with Gasteiger partial charge in [0.1, 0.15) is 5.69 Å². The van der Waals surface area contributed by atoms with Gasteiger partial charge in [-0.25, -0.2) is 4.98 Å². The van der Waals surface area contributed by atoms with Crippen molar-refractivity contribution in [2.75, 3.05) is 0 Å². The molecule has 0 unspecified atom stereocenters. The second-order valence-electron chi connectivity index (χ2n) is 6.86. The lowest BCUT2D eigenvalue weighted by molar-refractivity contribution is -0.384. The molecule has 0 atom stereocenters. The lowest BCUT2D eigenvalue weighted by Crippen LogP contribution is -1.98. The molecule has 0 aliphatic heterocycles. The van der Waals surface area contributed by atoms with Gasteiger partial charge in [0.05, 0.1) is 16.0 Å². The molecule has 150 valence electrons. The molecule has 0 bridgehead atoms. The maximum absolute atomic E-state index is 11.2. The Labute approximate surface area is 185 Å². The fourth-order valence-electron chi connectivity index (χ4n) is 3.41. The minimum atomic E-state index is -0.418. The quantitative estimate of drug-likeness (QED) is 0.244. The van der Waals surface area contributed by atoms with Gasteiger partial charge in [-0.15, -0.1) is 10.2 Å². The van der Waals surface area contributed by atoms with Gasteiger partial charge >= 0.3 is 0 Å². The first-order valence-corrected chi connectivity index (χ1v) is 10.2. The Morgan fingerprint density at radius 2 is 1.74 bits per heavy atom. The van der Waals surface area contributed by atoms with Crippen molar-refractivity contribution < 1.29 is 4.92 Å². The molecule has 8 heteroatoms. The first-order chi connectivity index (χ1) is 15.1. The van der Waals surface area contributed by atoms with Crippen molar-refractivity contribution in [3.05, 3.63) is 98.6 Å². The van der Waals surface area contributed by atoms with E-state index in [-0.39, 0.29) is 5.69 Å². The fourth-order valence-corrected chi connectivity index (χ4v) is 3.68. The monoisotopic (exact) mass is 471 g/mol. The summed E-state index contributed by atoms with van der Waals surface area (Å²) in [6.07, 6.45) is 3.86. The maximum Gasteiger partial charge on any atom is 0.270 e. The van der Waals surface area contributed by atoms with Gasteiger partial charge in [-0.2, -0.15) is 0 Å². The predicted molar refractivity (Wildman–Crippen MR) is 123 cm³/mol. The van der Waals surface area contributed by atoms with Crippen LogP contribution >= 0.6 is 15.9 Å². The average Bonchev–Trinajstić information content (AvgIpc) is 3.24. The van der Waals surface area contributed by atoms with Gasteiger partial charge in [-0.1, -0.05) is 58.4 Å². The lowest BCUT2D eigenvalue weighted by Gasteiger charge is -2.07. The summed E-state index contributed by atoms with van der Waals surface area (Å²) in [6, 6.07) is 22.0. The van der Waals surface area contributed by atoms with Crippen molar-refractivity contribution in [2.45, 2.75) is 0 Å². The molecular formula is C23H14BrN5O2. The molecular weight excluding hydrogens is 458 g/mol. The Kier molecular flexibility index (Phi) is 4.76. The Balaban J connectivity index is 1.72. The highest BCUT2D eigenvalue weighted by atomic mass is 79.9. The van der Waals surface area contributed by atoms with E-state index in [2.05, 4.69) is 26.1 Å². The number of para-hydroxylation sites is 2. The van der Waals surface area contributed by atoms with Crippen LogP contribution in [0.25, 0.3) is 40.2 Å². The zero-order valence-electron chi connectivity index (χ0n) is 16.0. The molecule has 3 aromatic carbocycles. The minimum absolute atomic E-state index is 0.00275. The molecule has 0 fully saturated rings. The van der Waals surface area contributed by atoms with Gasteiger partial charge in [0.15, 0.2) is 11.5 Å². The van der Waals surface area contributed by atoms with Gasteiger partial charge in [0.2, 0.25) is 0 Å². The molecule has 7 nitrogen and oxygen atoms in total. The van der Waals surface area contributed by atoms with Crippen LogP contribution in [0.2, 0.25) is 0 Å². The summed E-state index contributed by atoms with van der Waals surface area (Å²) in [5.74, 6) is 0.524. The highest BCUT2D eigenvalue weighted by molar-refractivity contribution is 9.10. The predicted octanol–water partition coefficient (Wildman–Crippen LogP) is 5.79. The number of benzene rings is 3. The van der Waals surface area contributed by atoms with Crippen molar-refractivity contribution in [1.29, 1.82) is 0 Å². The number of fused-ring (bicyclic) bond motifs is 3. The van der Waals surface area contributed by atoms with E-state index in [1.807, 2.05) is 65.1 Å². The highest BCUT2D eigenvalue weighted by Crippen LogP contribution is 2.27. The fraction of sp³-hybridized carbons (Fsp3) is 0. The normalized spacial score (nSPS) is 11.5. The number of nitro benzene ring substituents is 1. The third-order valence-corrected chi connectivity index (χ3v) is 5.40. The van der Waals surface area contributed by atoms with Crippen molar-refractivity contribution in [2.24, 2.45) is 0 Å². The number of nitrogens with zero attached hydrogens (tertiary/aromatic N) is 5. The maximum atomic E-state index is 11.2. The number of hydrogen-bond donors (Lipinski definition) is 0. The third kappa shape index (κ3) is 3.57. The van der Waals surface area contributed by atoms with E-state index in [1.54, 1.807) is 12.1 Å². The van der Waals surface area contributed by atoms with Crippen LogP contribution in [0.5, 0.6) is 0 Å². The molecule has 0 amide bonds. The van der Waals surface area contributed by atoms with Crippen LogP contribution in [-0.4, -0.2) is 24.5 Å². The molecule has 0 saturated heterocycles. The van der Waals surface area contributed by atoms with Crippen LogP contribution in [0.4, 0.5) is 5.69 Å². The molecule has 0 spiro atoms. The highest BCUT2D eigenvalue weighted by Gasteiger charge is 2.17. The summed E-state index contributed by atoms with van der Waals surface area (Å²) in [4.78, 5) is 15.6. The van der Waals surface area contributed by atoms with E-state index in [1.165, 1.54) is 12.1 Å². The number of hydrogen-bond acceptors (Lipinski definition) is 5. The van der Waals surface area contributed by atoms with E-state index < -0.39 is 4.92 Å². The second kappa shape index (κ2) is 7.73. The van der Waals surface area contributed by atoms with Gasteiger partial charge in [-0.05, 0) is 35.9 Å². The van der Waals surface area contributed by atoms with E-state index >= 15 is 0 Å². The molecule has 0 N–H and O–H groups in total. The number of nitro groups is 1. The first kappa shape index (κ1) is 19.1. The number of aromatic nitrogens is 4. The van der Waals surface area contributed by atoms with Crippen molar-refractivity contribution >= 4 is 50.4 Å². The van der Waals surface area contributed by atoms with E-state index in [9.17, 15) is 10.1 Å². The van der Waals surface area contributed by atoms with Crippen LogP contribution in [0, 0.1) is 10.1 Å². The summed E-state index contributed by atoms with van der Waals surface area (Å²) in [5, 5.41) is 20.0. The number of rotatable bonds is 4. The Bertz CT molecular complexity index is 1480. The SMILES string of the molecule is O=[N+]([O-])c1cccc(-c2nnc3c(/C=C/c4ccc(Br)cc4)nc4ccccc4n23)c1.